The van der Waals surface area contributed by atoms with Crippen molar-refractivity contribution in [2.45, 2.75) is 26.2 Å². The molecule has 0 radical (unpaired) electrons. The van der Waals surface area contributed by atoms with Gasteiger partial charge in [0, 0.05) is 22.5 Å². The van der Waals surface area contributed by atoms with E-state index in [1.165, 1.54) is 12.1 Å². The van der Waals surface area contributed by atoms with Crippen molar-refractivity contribution in [3.05, 3.63) is 59.2 Å². The lowest BCUT2D eigenvalue weighted by molar-refractivity contribution is 0.585. The van der Waals surface area contributed by atoms with Crippen LogP contribution in [0.4, 0.5) is 8.78 Å². The quantitative estimate of drug-likeness (QED) is 0.658. The number of hydrogen-bond donors (Lipinski definition) is 2. The van der Waals surface area contributed by atoms with Crippen molar-refractivity contribution in [2.75, 3.05) is 6.54 Å². The van der Waals surface area contributed by atoms with Gasteiger partial charge in [-0.05, 0) is 56.0 Å². The van der Waals surface area contributed by atoms with E-state index in [1.54, 1.807) is 0 Å². The van der Waals surface area contributed by atoms with Gasteiger partial charge >= 0.3 is 0 Å². The summed E-state index contributed by atoms with van der Waals surface area (Å²) in [6.07, 6.45) is 2.67. The van der Waals surface area contributed by atoms with Gasteiger partial charge in [0.05, 0.1) is 5.69 Å². The number of para-hydroxylation sites is 1. The first-order chi connectivity index (χ1) is 11.1. The second kappa shape index (κ2) is 6.50. The standard InChI is InChI=1S/C19H20F2N2/c1-12-5-4-7-14-15(6-2-3-10-22)19(23-18(12)14)16-9-8-13(20)11-17(16)21/h4-5,7-9,11,23H,2-3,6,10,22H2,1H3. The minimum absolute atomic E-state index is 0.407. The van der Waals surface area contributed by atoms with Crippen LogP contribution in [-0.4, -0.2) is 11.5 Å². The summed E-state index contributed by atoms with van der Waals surface area (Å²) in [7, 11) is 0. The van der Waals surface area contributed by atoms with Crippen LogP contribution in [0, 0.1) is 18.6 Å². The Bertz CT molecular complexity index is 837. The van der Waals surface area contributed by atoms with Gasteiger partial charge in [-0.3, -0.25) is 0 Å². The monoisotopic (exact) mass is 314 g/mol. The molecular formula is C19H20F2N2. The Balaban J connectivity index is 2.17. The molecule has 0 aliphatic rings. The molecule has 3 rings (SSSR count). The molecule has 0 aliphatic carbocycles. The predicted octanol–water partition coefficient (Wildman–Crippen LogP) is 4.70. The number of fused-ring (bicyclic) bond motifs is 1. The molecule has 1 aromatic heterocycles. The van der Waals surface area contributed by atoms with Crippen molar-refractivity contribution in [1.82, 2.24) is 4.98 Å². The van der Waals surface area contributed by atoms with Crippen LogP contribution < -0.4 is 5.73 Å². The Kier molecular flexibility index (Phi) is 4.44. The summed E-state index contributed by atoms with van der Waals surface area (Å²) in [6.45, 7) is 2.66. The van der Waals surface area contributed by atoms with E-state index in [1.807, 2.05) is 25.1 Å². The minimum atomic E-state index is -0.566. The third kappa shape index (κ3) is 2.99. The van der Waals surface area contributed by atoms with E-state index >= 15 is 0 Å². The summed E-state index contributed by atoms with van der Waals surface area (Å²) in [4.78, 5) is 3.34. The number of H-pyrrole nitrogens is 1. The largest absolute Gasteiger partial charge is 0.354 e. The van der Waals surface area contributed by atoms with Crippen molar-refractivity contribution < 1.29 is 8.78 Å². The molecule has 120 valence electrons. The van der Waals surface area contributed by atoms with Crippen LogP contribution >= 0.6 is 0 Å². The van der Waals surface area contributed by atoms with E-state index in [4.69, 9.17) is 5.73 Å². The fraction of sp³-hybridized carbons (Fsp3) is 0.263. The molecule has 0 amide bonds. The summed E-state index contributed by atoms with van der Waals surface area (Å²) in [6, 6.07) is 9.78. The van der Waals surface area contributed by atoms with Gasteiger partial charge in [0.1, 0.15) is 11.6 Å². The van der Waals surface area contributed by atoms with E-state index in [9.17, 15) is 8.78 Å². The topological polar surface area (TPSA) is 41.8 Å². The molecule has 0 spiro atoms. The molecule has 23 heavy (non-hydrogen) atoms. The highest BCUT2D eigenvalue weighted by Crippen LogP contribution is 2.34. The molecule has 0 fully saturated rings. The number of benzene rings is 2. The van der Waals surface area contributed by atoms with Crippen LogP contribution in [0.15, 0.2) is 36.4 Å². The molecule has 2 nitrogen and oxygen atoms in total. The van der Waals surface area contributed by atoms with Crippen molar-refractivity contribution in [2.24, 2.45) is 5.73 Å². The lowest BCUT2D eigenvalue weighted by Gasteiger charge is -2.06. The van der Waals surface area contributed by atoms with E-state index in [0.29, 0.717) is 12.1 Å². The summed E-state index contributed by atoms with van der Waals surface area (Å²) >= 11 is 0. The van der Waals surface area contributed by atoms with Crippen LogP contribution in [0.3, 0.4) is 0 Å². The Hall–Kier alpha value is -2.20. The molecule has 3 aromatic rings. The maximum absolute atomic E-state index is 14.3. The third-order valence-electron chi connectivity index (χ3n) is 4.23. The molecule has 0 saturated heterocycles. The Morgan fingerprint density at radius 1 is 1.09 bits per heavy atom. The van der Waals surface area contributed by atoms with Crippen LogP contribution in [0.2, 0.25) is 0 Å². The maximum atomic E-state index is 14.3. The number of halogens is 2. The number of nitrogens with one attached hydrogen (secondary N) is 1. The van der Waals surface area contributed by atoms with Crippen molar-refractivity contribution in [3.8, 4) is 11.3 Å². The number of unbranched alkanes of at least 4 members (excludes halogenated alkanes) is 1. The molecule has 0 aliphatic heterocycles. The number of aromatic amines is 1. The lowest BCUT2D eigenvalue weighted by Crippen LogP contribution is -1.99. The van der Waals surface area contributed by atoms with E-state index in [-0.39, 0.29) is 0 Å². The average molecular weight is 314 g/mol. The van der Waals surface area contributed by atoms with Gasteiger partial charge in [-0.15, -0.1) is 0 Å². The lowest BCUT2D eigenvalue weighted by atomic mass is 9.99. The zero-order valence-electron chi connectivity index (χ0n) is 13.1. The average Bonchev–Trinajstić information content (AvgIpc) is 2.88. The van der Waals surface area contributed by atoms with Crippen LogP contribution in [0.1, 0.15) is 24.0 Å². The highest BCUT2D eigenvalue weighted by molar-refractivity contribution is 5.92. The summed E-state index contributed by atoms with van der Waals surface area (Å²) < 4.78 is 27.5. The molecule has 2 aromatic carbocycles. The first kappa shape index (κ1) is 15.7. The molecule has 4 heteroatoms. The van der Waals surface area contributed by atoms with Crippen LogP contribution in [0.25, 0.3) is 22.2 Å². The summed E-state index contributed by atoms with van der Waals surface area (Å²) in [5.74, 6) is -1.11. The molecular weight excluding hydrogens is 294 g/mol. The summed E-state index contributed by atoms with van der Waals surface area (Å²) in [5.41, 5.74) is 9.92. The van der Waals surface area contributed by atoms with Gasteiger partial charge in [0.2, 0.25) is 0 Å². The van der Waals surface area contributed by atoms with E-state index in [0.717, 1.165) is 53.1 Å². The first-order valence-corrected chi connectivity index (χ1v) is 7.87. The fourth-order valence-corrected chi connectivity index (χ4v) is 3.05. The normalized spacial score (nSPS) is 11.3. The number of nitrogens with two attached hydrogens (primary N) is 1. The number of hydrogen-bond acceptors (Lipinski definition) is 1. The highest BCUT2D eigenvalue weighted by Gasteiger charge is 2.17. The summed E-state index contributed by atoms with van der Waals surface area (Å²) in [5, 5.41) is 1.10. The molecule has 0 unspecified atom stereocenters. The highest BCUT2D eigenvalue weighted by atomic mass is 19.1. The van der Waals surface area contributed by atoms with Gasteiger partial charge in [-0.1, -0.05) is 18.2 Å². The molecule has 0 saturated carbocycles. The SMILES string of the molecule is Cc1cccc2c(CCCCN)c(-c3ccc(F)cc3F)[nH]c12. The number of rotatable bonds is 5. The number of aromatic nitrogens is 1. The second-order valence-electron chi connectivity index (χ2n) is 5.85. The van der Waals surface area contributed by atoms with Gasteiger partial charge in [0.25, 0.3) is 0 Å². The van der Waals surface area contributed by atoms with Crippen molar-refractivity contribution in [1.29, 1.82) is 0 Å². The van der Waals surface area contributed by atoms with Crippen LogP contribution in [-0.2, 0) is 6.42 Å². The molecule has 3 N–H and O–H groups in total. The van der Waals surface area contributed by atoms with Gasteiger partial charge in [0.15, 0.2) is 0 Å². The zero-order chi connectivity index (χ0) is 16.4. The Morgan fingerprint density at radius 3 is 2.65 bits per heavy atom. The Morgan fingerprint density at radius 2 is 1.91 bits per heavy atom. The first-order valence-electron chi connectivity index (χ1n) is 7.87. The van der Waals surface area contributed by atoms with Crippen molar-refractivity contribution in [3.63, 3.8) is 0 Å². The fourth-order valence-electron chi connectivity index (χ4n) is 3.05. The molecule has 1 heterocycles. The predicted molar refractivity (Wildman–Crippen MR) is 90.4 cm³/mol. The van der Waals surface area contributed by atoms with Crippen molar-refractivity contribution >= 4 is 10.9 Å². The second-order valence-corrected chi connectivity index (χ2v) is 5.85. The maximum Gasteiger partial charge on any atom is 0.135 e. The van der Waals surface area contributed by atoms with Gasteiger partial charge in [-0.25, -0.2) is 8.78 Å². The molecule has 0 bridgehead atoms. The van der Waals surface area contributed by atoms with Crippen LogP contribution in [0.5, 0.6) is 0 Å². The molecule has 0 atom stereocenters. The van der Waals surface area contributed by atoms with Gasteiger partial charge in [-0.2, -0.15) is 0 Å². The van der Waals surface area contributed by atoms with E-state index < -0.39 is 11.6 Å². The van der Waals surface area contributed by atoms with Gasteiger partial charge < -0.3 is 10.7 Å². The zero-order valence-corrected chi connectivity index (χ0v) is 13.1. The third-order valence-corrected chi connectivity index (χ3v) is 4.23. The smallest absolute Gasteiger partial charge is 0.135 e. The van der Waals surface area contributed by atoms with E-state index in [2.05, 4.69) is 4.98 Å². The minimum Gasteiger partial charge on any atom is -0.354 e. The Labute approximate surface area is 134 Å². The number of aryl methyl sites for hydroxylation is 2.